The summed E-state index contributed by atoms with van der Waals surface area (Å²) in [5.41, 5.74) is 2.70. The minimum absolute atomic E-state index is 1.20. The lowest BCUT2D eigenvalue weighted by Gasteiger charge is -2.04. The van der Waals surface area contributed by atoms with Crippen molar-refractivity contribution in [2.45, 2.75) is 149 Å². The molecule has 0 amide bonds. The molecule has 1 rings (SSSR count). The topological polar surface area (TPSA) is 12.9 Å². The lowest BCUT2D eigenvalue weighted by molar-refractivity contribution is 0.521. The van der Waals surface area contributed by atoms with Gasteiger partial charge in [0.25, 0.3) is 0 Å². The molecule has 0 N–H and O–H groups in total. The smallest absolute Gasteiger partial charge is 0.0300 e. The van der Waals surface area contributed by atoms with E-state index in [1.807, 2.05) is 12.4 Å². The fourth-order valence-electron chi connectivity index (χ4n) is 4.34. The Bertz CT molecular complexity index is 453. The first kappa shape index (κ1) is 26.2. The number of rotatable bonds is 21. The minimum atomic E-state index is 1.20. The highest BCUT2D eigenvalue weighted by atomic mass is 14.6. The first-order valence-corrected chi connectivity index (χ1v) is 13.2. The van der Waals surface area contributed by atoms with Crippen molar-refractivity contribution in [1.29, 1.82) is 0 Å². The second-order valence-electron chi connectivity index (χ2n) is 9.34. The highest BCUT2D eigenvalue weighted by molar-refractivity contribution is 5.16. The standard InChI is InChI=1S/C28H51N/c1-3-4-5-6-7-8-9-10-11-12-13-14-15-16-17-18-19-20-21-22-23-28-24-27(2)25-29-26-28/h24-26H,3-23H2,1-2H3. The van der Waals surface area contributed by atoms with E-state index in [2.05, 4.69) is 24.9 Å². The van der Waals surface area contributed by atoms with E-state index in [4.69, 9.17) is 0 Å². The van der Waals surface area contributed by atoms with E-state index >= 15 is 0 Å². The van der Waals surface area contributed by atoms with Gasteiger partial charge in [0.1, 0.15) is 0 Å². The van der Waals surface area contributed by atoms with E-state index < -0.39 is 0 Å². The molecule has 0 aliphatic carbocycles. The van der Waals surface area contributed by atoms with Crippen LogP contribution in [-0.2, 0) is 6.42 Å². The van der Waals surface area contributed by atoms with E-state index in [9.17, 15) is 0 Å². The van der Waals surface area contributed by atoms with Gasteiger partial charge in [-0.15, -0.1) is 0 Å². The molecule has 1 nitrogen and oxygen atoms in total. The van der Waals surface area contributed by atoms with Gasteiger partial charge in [-0.25, -0.2) is 0 Å². The maximum Gasteiger partial charge on any atom is 0.0300 e. The molecule has 0 aromatic carbocycles. The zero-order valence-electron chi connectivity index (χ0n) is 20.0. The predicted octanol–water partition coefficient (Wildman–Crippen LogP) is 9.75. The molecule has 0 saturated heterocycles. The van der Waals surface area contributed by atoms with Crippen LogP contribution in [0.5, 0.6) is 0 Å². The number of aromatic nitrogens is 1. The van der Waals surface area contributed by atoms with Crippen molar-refractivity contribution in [3.63, 3.8) is 0 Å². The molecule has 0 spiro atoms. The highest BCUT2D eigenvalue weighted by Gasteiger charge is 1.97. The van der Waals surface area contributed by atoms with Crippen molar-refractivity contribution < 1.29 is 0 Å². The molecule has 0 radical (unpaired) electrons. The normalized spacial score (nSPS) is 11.2. The number of aryl methyl sites for hydroxylation is 2. The van der Waals surface area contributed by atoms with Crippen molar-refractivity contribution in [2.24, 2.45) is 0 Å². The highest BCUT2D eigenvalue weighted by Crippen LogP contribution is 2.15. The molecular weight excluding hydrogens is 350 g/mol. The van der Waals surface area contributed by atoms with Crippen LogP contribution in [0.25, 0.3) is 0 Å². The Kier molecular flexibility index (Phi) is 18.4. The molecule has 0 aliphatic heterocycles. The van der Waals surface area contributed by atoms with Crippen LogP contribution in [0, 0.1) is 6.92 Å². The van der Waals surface area contributed by atoms with Crippen LogP contribution < -0.4 is 0 Å². The average molecular weight is 402 g/mol. The van der Waals surface area contributed by atoms with Crippen molar-refractivity contribution in [3.05, 3.63) is 29.6 Å². The van der Waals surface area contributed by atoms with E-state index in [-0.39, 0.29) is 0 Å². The van der Waals surface area contributed by atoms with Gasteiger partial charge in [-0.05, 0) is 30.9 Å². The van der Waals surface area contributed by atoms with Crippen molar-refractivity contribution in [2.75, 3.05) is 0 Å². The lowest BCUT2D eigenvalue weighted by Crippen LogP contribution is -1.89. The molecule has 0 atom stereocenters. The van der Waals surface area contributed by atoms with Gasteiger partial charge >= 0.3 is 0 Å². The molecule has 1 aromatic rings. The van der Waals surface area contributed by atoms with Crippen molar-refractivity contribution in [1.82, 2.24) is 4.98 Å². The summed E-state index contributed by atoms with van der Waals surface area (Å²) in [6, 6.07) is 2.28. The monoisotopic (exact) mass is 401 g/mol. The van der Waals surface area contributed by atoms with Gasteiger partial charge in [-0.1, -0.05) is 135 Å². The molecule has 1 heterocycles. The molecule has 0 unspecified atom stereocenters. The maximum atomic E-state index is 4.29. The lowest BCUT2D eigenvalue weighted by atomic mass is 10.0. The second kappa shape index (κ2) is 20.4. The third-order valence-corrected chi connectivity index (χ3v) is 6.25. The summed E-state index contributed by atoms with van der Waals surface area (Å²) in [6.45, 7) is 4.43. The van der Waals surface area contributed by atoms with Gasteiger partial charge in [0, 0.05) is 12.4 Å². The Morgan fingerprint density at radius 2 is 0.897 bits per heavy atom. The number of hydrogen-bond donors (Lipinski definition) is 0. The molecule has 29 heavy (non-hydrogen) atoms. The quantitative estimate of drug-likeness (QED) is 0.187. The summed E-state index contributed by atoms with van der Waals surface area (Å²) in [5, 5.41) is 0. The van der Waals surface area contributed by atoms with Gasteiger partial charge in [0.05, 0.1) is 0 Å². The molecule has 0 saturated carbocycles. The van der Waals surface area contributed by atoms with Crippen LogP contribution in [0.2, 0.25) is 0 Å². The largest absolute Gasteiger partial charge is 0.264 e. The number of unbranched alkanes of at least 4 members (excludes halogenated alkanes) is 19. The Morgan fingerprint density at radius 3 is 1.28 bits per heavy atom. The van der Waals surface area contributed by atoms with E-state index in [0.717, 1.165) is 0 Å². The molecule has 0 bridgehead atoms. The van der Waals surface area contributed by atoms with Crippen LogP contribution in [0.15, 0.2) is 18.5 Å². The summed E-state index contributed by atoms with van der Waals surface area (Å²) in [7, 11) is 0. The maximum absolute atomic E-state index is 4.29. The Hall–Kier alpha value is -0.850. The molecule has 1 heteroatoms. The van der Waals surface area contributed by atoms with Crippen molar-refractivity contribution >= 4 is 0 Å². The van der Waals surface area contributed by atoms with E-state index in [1.165, 1.54) is 146 Å². The zero-order chi connectivity index (χ0) is 20.8. The Labute approximate surface area is 183 Å². The fourth-order valence-corrected chi connectivity index (χ4v) is 4.34. The summed E-state index contributed by atoms with van der Waals surface area (Å²) in [4.78, 5) is 4.29. The van der Waals surface area contributed by atoms with Crippen LogP contribution in [0.1, 0.15) is 146 Å². The molecule has 0 fully saturated rings. The summed E-state index contributed by atoms with van der Waals surface area (Å²) < 4.78 is 0. The van der Waals surface area contributed by atoms with Gasteiger partial charge in [0.15, 0.2) is 0 Å². The molecule has 0 aliphatic rings. The van der Waals surface area contributed by atoms with Crippen LogP contribution in [0.3, 0.4) is 0 Å². The summed E-state index contributed by atoms with van der Waals surface area (Å²) >= 11 is 0. The predicted molar refractivity (Wildman–Crippen MR) is 131 cm³/mol. The SMILES string of the molecule is CCCCCCCCCCCCCCCCCCCCCCc1cncc(C)c1. The Balaban J connectivity index is 1.70. The first-order chi connectivity index (χ1) is 14.3. The minimum Gasteiger partial charge on any atom is -0.264 e. The zero-order valence-corrected chi connectivity index (χ0v) is 20.0. The third kappa shape index (κ3) is 17.7. The van der Waals surface area contributed by atoms with Gasteiger partial charge < -0.3 is 0 Å². The number of pyridine rings is 1. The van der Waals surface area contributed by atoms with Gasteiger partial charge in [-0.3, -0.25) is 4.98 Å². The van der Waals surface area contributed by atoms with Crippen LogP contribution in [0.4, 0.5) is 0 Å². The summed E-state index contributed by atoms with van der Waals surface area (Å²) in [6.07, 6.45) is 34.1. The van der Waals surface area contributed by atoms with Gasteiger partial charge in [-0.2, -0.15) is 0 Å². The fraction of sp³-hybridized carbons (Fsp3) is 0.821. The molecule has 1 aromatic heterocycles. The molecular formula is C28H51N. The van der Waals surface area contributed by atoms with Crippen molar-refractivity contribution in [3.8, 4) is 0 Å². The first-order valence-electron chi connectivity index (χ1n) is 13.2. The Morgan fingerprint density at radius 1 is 0.517 bits per heavy atom. The van der Waals surface area contributed by atoms with E-state index in [0.29, 0.717) is 0 Å². The third-order valence-electron chi connectivity index (χ3n) is 6.25. The molecule has 168 valence electrons. The second-order valence-corrected chi connectivity index (χ2v) is 9.34. The number of nitrogens with zero attached hydrogens (tertiary/aromatic N) is 1. The number of hydrogen-bond acceptors (Lipinski definition) is 1. The van der Waals surface area contributed by atoms with E-state index in [1.54, 1.807) is 0 Å². The van der Waals surface area contributed by atoms with Crippen LogP contribution >= 0.6 is 0 Å². The average Bonchev–Trinajstić information content (AvgIpc) is 2.72. The summed E-state index contributed by atoms with van der Waals surface area (Å²) in [5.74, 6) is 0. The van der Waals surface area contributed by atoms with Gasteiger partial charge in [0.2, 0.25) is 0 Å². The van der Waals surface area contributed by atoms with Crippen LogP contribution in [-0.4, -0.2) is 4.98 Å².